The molecule has 0 bridgehead atoms. The first-order chi connectivity index (χ1) is 5.88. The second kappa shape index (κ2) is 29.9. The summed E-state index contributed by atoms with van der Waals surface area (Å²) in [5, 5.41) is 0. The molecule has 0 saturated carbocycles. The number of rotatable bonds is 0. The minimum Gasteiger partial charge on any atom is -0.300 e. The van der Waals surface area contributed by atoms with E-state index in [2.05, 4.69) is 34.6 Å². The van der Waals surface area contributed by atoms with Crippen molar-refractivity contribution in [3.8, 4) is 0 Å². The van der Waals surface area contributed by atoms with E-state index in [1.165, 1.54) is 20.3 Å². The topological polar surface area (TPSA) is 17.1 Å². The molecule has 0 N–H and O–H groups in total. The number of Topliss-reactive ketones (excluding diaryl/α,β-unsaturated/α-hetero) is 1. The van der Waals surface area contributed by atoms with Crippen LogP contribution in [0.5, 0.6) is 0 Å². The van der Waals surface area contributed by atoms with Gasteiger partial charge < -0.3 is 4.79 Å². The Kier molecular flexibility index (Phi) is 52.7. The maximum absolute atomic E-state index is 9.44. The largest absolute Gasteiger partial charge is 0.300 e. The molecule has 0 amide bonds. The Morgan fingerprint density at radius 3 is 1.00 bits per heavy atom. The number of hydrogen-bond donors (Lipinski definition) is 0. The molecule has 0 rings (SSSR count). The SMILES string of the molecule is CC.CC(C)=O.CC(C)C.CCC. The molecule has 1 nitrogen and oxygen atoms in total. The van der Waals surface area contributed by atoms with Gasteiger partial charge >= 0.3 is 0 Å². The van der Waals surface area contributed by atoms with Crippen molar-refractivity contribution in [2.24, 2.45) is 5.92 Å². The minimum atomic E-state index is 0.167. The average Bonchev–Trinajstić information content (AvgIpc) is 1.89. The zero-order valence-electron chi connectivity index (χ0n) is 11.2. The molecule has 0 heterocycles. The van der Waals surface area contributed by atoms with Gasteiger partial charge in [0.15, 0.2) is 0 Å². The molecule has 0 aromatic rings. The van der Waals surface area contributed by atoms with Crippen molar-refractivity contribution in [2.75, 3.05) is 0 Å². The second-order valence-corrected chi connectivity index (χ2v) is 3.35. The van der Waals surface area contributed by atoms with E-state index in [0.29, 0.717) is 0 Å². The first-order valence-corrected chi connectivity index (χ1v) is 5.35. The summed E-state index contributed by atoms with van der Waals surface area (Å²) in [6.07, 6.45) is 1.25. The van der Waals surface area contributed by atoms with Crippen LogP contribution in [0.2, 0.25) is 0 Å². The Bertz CT molecular complexity index is 58.8. The quantitative estimate of drug-likeness (QED) is 0.541. The normalized spacial score (nSPS) is 6.62. The molecular formula is C12H30O. The van der Waals surface area contributed by atoms with Gasteiger partial charge in [-0.2, -0.15) is 0 Å². The van der Waals surface area contributed by atoms with Crippen molar-refractivity contribution < 1.29 is 4.79 Å². The van der Waals surface area contributed by atoms with E-state index in [0.717, 1.165) is 5.92 Å². The molecule has 0 unspecified atom stereocenters. The van der Waals surface area contributed by atoms with E-state index in [1.807, 2.05) is 13.8 Å². The molecule has 0 aliphatic rings. The van der Waals surface area contributed by atoms with Gasteiger partial charge in [0.25, 0.3) is 0 Å². The Hall–Kier alpha value is -0.330. The number of hydrogen-bond acceptors (Lipinski definition) is 1. The second-order valence-electron chi connectivity index (χ2n) is 3.35. The minimum absolute atomic E-state index is 0.167. The molecular weight excluding hydrogens is 160 g/mol. The van der Waals surface area contributed by atoms with Gasteiger partial charge in [-0.25, -0.2) is 0 Å². The van der Waals surface area contributed by atoms with E-state index in [4.69, 9.17) is 0 Å². The van der Waals surface area contributed by atoms with Crippen LogP contribution in [0.15, 0.2) is 0 Å². The standard InChI is InChI=1S/C4H10.C3H6O.C3H8.C2H6/c1-4(2)3;1-3(2)4;1-3-2;1-2/h4H,1-3H3;1-2H3;3H2,1-2H3;1-2H3. The summed E-state index contributed by atoms with van der Waals surface area (Å²) >= 11 is 0. The molecule has 0 aromatic heterocycles. The molecule has 0 aliphatic carbocycles. The van der Waals surface area contributed by atoms with E-state index < -0.39 is 0 Å². The zero-order valence-corrected chi connectivity index (χ0v) is 11.2. The number of ketones is 1. The van der Waals surface area contributed by atoms with Crippen LogP contribution in [0.4, 0.5) is 0 Å². The van der Waals surface area contributed by atoms with Crippen LogP contribution in [-0.4, -0.2) is 5.78 Å². The third-order valence-corrected chi connectivity index (χ3v) is 0. The van der Waals surface area contributed by atoms with Crippen molar-refractivity contribution in [1.29, 1.82) is 0 Å². The highest BCUT2D eigenvalue weighted by molar-refractivity contribution is 5.72. The summed E-state index contributed by atoms with van der Waals surface area (Å²) in [5.41, 5.74) is 0. The van der Waals surface area contributed by atoms with Crippen molar-refractivity contribution in [2.45, 2.75) is 68.7 Å². The summed E-state index contributed by atoms with van der Waals surface area (Å²) in [5.74, 6) is 1.00. The van der Waals surface area contributed by atoms with E-state index in [1.54, 1.807) is 0 Å². The Morgan fingerprint density at radius 2 is 1.00 bits per heavy atom. The zero-order chi connectivity index (χ0) is 11.9. The first kappa shape index (κ1) is 23.0. The lowest BCUT2D eigenvalue weighted by Gasteiger charge is -1.79. The molecule has 0 spiro atoms. The van der Waals surface area contributed by atoms with Gasteiger partial charge in [-0.15, -0.1) is 0 Å². The van der Waals surface area contributed by atoms with Crippen LogP contribution in [0, 0.1) is 5.92 Å². The van der Waals surface area contributed by atoms with Crippen molar-refractivity contribution >= 4 is 5.78 Å². The predicted molar refractivity (Wildman–Crippen MR) is 64.2 cm³/mol. The third kappa shape index (κ3) is 10000. The van der Waals surface area contributed by atoms with Gasteiger partial charge in [0.1, 0.15) is 5.78 Å². The fourth-order valence-electron chi connectivity index (χ4n) is 0. The number of carbonyl (C=O) groups excluding carboxylic acids is 1. The molecule has 0 radical (unpaired) electrons. The molecule has 0 aliphatic heterocycles. The maximum Gasteiger partial charge on any atom is 0.126 e. The van der Waals surface area contributed by atoms with Crippen molar-refractivity contribution in [3.05, 3.63) is 0 Å². The molecule has 0 aromatic carbocycles. The molecule has 1 heteroatoms. The smallest absolute Gasteiger partial charge is 0.126 e. The van der Waals surface area contributed by atoms with Crippen LogP contribution in [-0.2, 0) is 4.79 Å². The summed E-state index contributed by atoms with van der Waals surface area (Å²) < 4.78 is 0. The lowest BCUT2D eigenvalue weighted by atomic mass is 10.3. The third-order valence-electron chi connectivity index (χ3n) is 0. The first-order valence-electron chi connectivity index (χ1n) is 5.35. The fourth-order valence-corrected chi connectivity index (χ4v) is 0. The highest BCUT2D eigenvalue weighted by atomic mass is 16.1. The molecule has 13 heavy (non-hydrogen) atoms. The Morgan fingerprint density at radius 1 is 1.00 bits per heavy atom. The van der Waals surface area contributed by atoms with Crippen LogP contribution >= 0.6 is 0 Å². The van der Waals surface area contributed by atoms with Gasteiger partial charge in [-0.3, -0.25) is 0 Å². The van der Waals surface area contributed by atoms with E-state index >= 15 is 0 Å². The van der Waals surface area contributed by atoms with Gasteiger partial charge in [0, 0.05) is 0 Å². The predicted octanol–water partition coefficient (Wildman–Crippen LogP) is 4.70. The van der Waals surface area contributed by atoms with Crippen molar-refractivity contribution in [1.82, 2.24) is 0 Å². The molecule has 84 valence electrons. The van der Waals surface area contributed by atoms with Crippen LogP contribution < -0.4 is 0 Å². The van der Waals surface area contributed by atoms with Gasteiger partial charge in [0.2, 0.25) is 0 Å². The number of carbonyl (C=O) groups is 1. The van der Waals surface area contributed by atoms with Crippen LogP contribution in [0.3, 0.4) is 0 Å². The lowest BCUT2D eigenvalue weighted by Crippen LogP contribution is -1.69. The van der Waals surface area contributed by atoms with E-state index in [9.17, 15) is 4.79 Å². The van der Waals surface area contributed by atoms with Gasteiger partial charge in [-0.05, 0) is 19.8 Å². The Balaban J connectivity index is -0.0000000431. The molecule has 0 atom stereocenters. The molecule has 0 fully saturated rings. The fraction of sp³-hybridized carbons (Fsp3) is 0.917. The average molecular weight is 190 g/mol. The Labute approximate surface area is 85.9 Å². The summed E-state index contributed by atoms with van der Waals surface area (Å²) in [7, 11) is 0. The highest BCUT2D eigenvalue weighted by Crippen LogP contribution is 1.81. The van der Waals surface area contributed by atoms with Crippen LogP contribution in [0.1, 0.15) is 68.7 Å². The summed E-state index contributed by atoms with van der Waals surface area (Å²) in [4.78, 5) is 9.44. The van der Waals surface area contributed by atoms with Crippen molar-refractivity contribution in [3.63, 3.8) is 0 Å². The van der Waals surface area contributed by atoms with Crippen LogP contribution in [0.25, 0.3) is 0 Å². The lowest BCUT2D eigenvalue weighted by molar-refractivity contribution is -0.114. The van der Waals surface area contributed by atoms with Gasteiger partial charge in [0.05, 0.1) is 0 Å². The molecule has 0 saturated heterocycles. The maximum atomic E-state index is 9.44. The highest BCUT2D eigenvalue weighted by Gasteiger charge is 1.68. The summed E-state index contributed by atoms with van der Waals surface area (Å²) in [6, 6.07) is 0. The monoisotopic (exact) mass is 190 g/mol. The summed E-state index contributed by atoms with van der Waals surface area (Å²) in [6.45, 7) is 17.8. The van der Waals surface area contributed by atoms with E-state index in [-0.39, 0.29) is 5.78 Å². The van der Waals surface area contributed by atoms with Gasteiger partial charge in [-0.1, -0.05) is 54.9 Å².